The predicted molar refractivity (Wildman–Crippen MR) is 96.6 cm³/mol. The number of benzene rings is 1. The SMILES string of the molecule is Cc1ccc(C)c(OCCC(=O)OC(C)C(=O)NC2CCCCC2)c1. The van der Waals surface area contributed by atoms with Crippen molar-refractivity contribution in [2.45, 2.75) is 71.4 Å². The standard InChI is InChI=1S/C20H29NO4/c1-14-9-10-15(2)18(13-14)24-12-11-19(22)25-16(3)20(23)21-17-7-5-4-6-8-17/h9-10,13,16-17H,4-8,11-12H2,1-3H3,(H,21,23). The van der Waals surface area contributed by atoms with Crippen LogP contribution in [0.5, 0.6) is 5.75 Å². The first-order valence-corrected chi connectivity index (χ1v) is 9.15. The third kappa shape index (κ3) is 6.40. The lowest BCUT2D eigenvalue weighted by molar-refractivity contribution is -0.155. The van der Waals surface area contributed by atoms with Crippen LogP contribution in [0, 0.1) is 13.8 Å². The molecule has 1 aliphatic carbocycles. The van der Waals surface area contributed by atoms with Gasteiger partial charge in [0, 0.05) is 6.04 Å². The van der Waals surface area contributed by atoms with Crippen LogP contribution in [0.25, 0.3) is 0 Å². The van der Waals surface area contributed by atoms with Crippen molar-refractivity contribution >= 4 is 11.9 Å². The third-order valence-corrected chi connectivity index (χ3v) is 4.54. The van der Waals surface area contributed by atoms with E-state index in [1.807, 2.05) is 32.0 Å². The first-order chi connectivity index (χ1) is 12.0. The summed E-state index contributed by atoms with van der Waals surface area (Å²) in [4.78, 5) is 24.0. The minimum atomic E-state index is -0.768. The van der Waals surface area contributed by atoms with E-state index in [1.54, 1.807) is 6.92 Å². The average Bonchev–Trinajstić information content (AvgIpc) is 2.58. The molecule has 5 heteroatoms. The Labute approximate surface area is 150 Å². The number of rotatable bonds is 7. The van der Waals surface area contributed by atoms with Crippen LogP contribution >= 0.6 is 0 Å². The number of hydrogen-bond acceptors (Lipinski definition) is 4. The van der Waals surface area contributed by atoms with Gasteiger partial charge in [-0.15, -0.1) is 0 Å². The summed E-state index contributed by atoms with van der Waals surface area (Å²) in [5, 5.41) is 2.97. The van der Waals surface area contributed by atoms with Crippen LogP contribution < -0.4 is 10.1 Å². The molecule has 25 heavy (non-hydrogen) atoms. The number of ether oxygens (including phenoxy) is 2. The average molecular weight is 347 g/mol. The van der Waals surface area contributed by atoms with Gasteiger partial charge in [-0.3, -0.25) is 9.59 Å². The topological polar surface area (TPSA) is 64.6 Å². The Balaban J connectivity index is 1.70. The largest absolute Gasteiger partial charge is 0.493 e. The van der Waals surface area contributed by atoms with Gasteiger partial charge in [-0.05, 0) is 50.8 Å². The molecule has 1 atom stereocenters. The maximum atomic E-state index is 12.1. The highest BCUT2D eigenvalue weighted by Crippen LogP contribution is 2.19. The van der Waals surface area contributed by atoms with Crippen LogP contribution in [0.15, 0.2) is 18.2 Å². The van der Waals surface area contributed by atoms with Crippen LogP contribution in [0.2, 0.25) is 0 Å². The number of esters is 1. The van der Waals surface area contributed by atoms with E-state index >= 15 is 0 Å². The van der Waals surface area contributed by atoms with E-state index in [-0.39, 0.29) is 25.0 Å². The molecule has 5 nitrogen and oxygen atoms in total. The van der Waals surface area contributed by atoms with E-state index in [0.29, 0.717) is 0 Å². The molecular weight excluding hydrogens is 318 g/mol. The molecule has 1 aromatic carbocycles. The normalized spacial score (nSPS) is 16.1. The molecule has 1 N–H and O–H groups in total. The summed E-state index contributed by atoms with van der Waals surface area (Å²) in [6, 6.07) is 6.17. The zero-order valence-corrected chi connectivity index (χ0v) is 15.5. The van der Waals surface area contributed by atoms with Gasteiger partial charge in [0.2, 0.25) is 0 Å². The van der Waals surface area contributed by atoms with Crippen molar-refractivity contribution in [3.05, 3.63) is 29.3 Å². The maximum Gasteiger partial charge on any atom is 0.310 e. The molecule has 0 saturated heterocycles. The third-order valence-electron chi connectivity index (χ3n) is 4.54. The Hall–Kier alpha value is -2.04. The molecule has 0 aliphatic heterocycles. The highest BCUT2D eigenvalue weighted by Gasteiger charge is 2.22. The second-order valence-corrected chi connectivity index (χ2v) is 6.84. The Bertz CT molecular complexity index is 593. The van der Waals surface area contributed by atoms with Crippen LogP contribution in [-0.4, -0.2) is 30.6 Å². The fraction of sp³-hybridized carbons (Fsp3) is 0.600. The first-order valence-electron chi connectivity index (χ1n) is 9.15. The van der Waals surface area contributed by atoms with Crippen molar-refractivity contribution in [1.29, 1.82) is 0 Å². The molecule has 0 aromatic heterocycles. The van der Waals surface area contributed by atoms with Gasteiger partial charge in [0.15, 0.2) is 6.10 Å². The minimum absolute atomic E-state index is 0.119. The summed E-state index contributed by atoms with van der Waals surface area (Å²) in [7, 11) is 0. The summed E-state index contributed by atoms with van der Waals surface area (Å²) in [5.41, 5.74) is 2.13. The summed E-state index contributed by atoms with van der Waals surface area (Å²) in [6.45, 7) is 5.81. The van der Waals surface area contributed by atoms with Crippen molar-refractivity contribution in [2.24, 2.45) is 0 Å². The predicted octanol–water partition coefficient (Wildman–Crippen LogP) is 3.45. The Morgan fingerprint density at radius 3 is 2.64 bits per heavy atom. The van der Waals surface area contributed by atoms with Gasteiger partial charge >= 0.3 is 5.97 Å². The number of nitrogens with one attached hydrogen (secondary N) is 1. The van der Waals surface area contributed by atoms with Gasteiger partial charge in [0.1, 0.15) is 5.75 Å². The highest BCUT2D eigenvalue weighted by atomic mass is 16.5. The van der Waals surface area contributed by atoms with Gasteiger partial charge in [-0.2, -0.15) is 0 Å². The highest BCUT2D eigenvalue weighted by molar-refractivity contribution is 5.83. The summed E-state index contributed by atoms with van der Waals surface area (Å²) in [6.07, 6.45) is 4.90. The second-order valence-electron chi connectivity index (χ2n) is 6.84. The molecule has 0 spiro atoms. The molecule has 2 rings (SSSR count). The summed E-state index contributed by atoms with van der Waals surface area (Å²) in [5.74, 6) is 0.142. The molecule has 1 amide bonds. The monoisotopic (exact) mass is 347 g/mol. The molecule has 0 heterocycles. The van der Waals surface area contributed by atoms with Crippen LogP contribution in [0.1, 0.15) is 56.6 Å². The molecule has 0 radical (unpaired) electrons. The van der Waals surface area contributed by atoms with E-state index in [4.69, 9.17) is 9.47 Å². The first kappa shape index (κ1) is 19.3. The lowest BCUT2D eigenvalue weighted by Gasteiger charge is -2.24. The summed E-state index contributed by atoms with van der Waals surface area (Å²) < 4.78 is 10.9. The van der Waals surface area contributed by atoms with Gasteiger partial charge in [-0.25, -0.2) is 0 Å². The zero-order chi connectivity index (χ0) is 18.2. The minimum Gasteiger partial charge on any atom is -0.493 e. The van der Waals surface area contributed by atoms with E-state index in [2.05, 4.69) is 5.32 Å². The number of carbonyl (C=O) groups is 2. The van der Waals surface area contributed by atoms with Gasteiger partial charge in [-0.1, -0.05) is 31.4 Å². The molecule has 1 saturated carbocycles. The van der Waals surface area contributed by atoms with E-state index in [0.717, 1.165) is 42.6 Å². The second kappa shape index (κ2) is 9.44. The van der Waals surface area contributed by atoms with Crippen LogP contribution in [-0.2, 0) is 14.3 Å². The molecule has 1 aromatic rings. The maximum absolute atomic E-state index is 12.1. The number of amides is 1. The van der Waals surface area contributed by atoms with Crippen molar-refractivity contribution in [3.8, 4) is 5.75 Å². The van der Waals surface area contributed by atoms with Gasteiger partial charge in [0.05, 0.1) is 13.0 Å². The van der Waals surface area contributed by atoms with Crippen molar-refractivity contribution in [2.75, 3.05) is 6.61 Å². The lowest BCUT2D eigenvalue weighted by atomic mass is 9.95. The fourth-order valence-corrected chi connectivity index (χ4v) is 2.98. The molecular formula is C20H29NO4. The number of hydrogen-bond donors (Lipinski definition) is 1. The molecule has 0 bridgehead atoms. The zero-order valence-electron chi connectivity index (χ0n) is 15.5. The van der Waals surface area contributed by atoms with Crippen molar-refractivity contribution in [3.63, 3.8) is 0 Å². The fourth-order valence-electron chi connectivity index (χ4n) is 2.98. The Morgan fingerprint density at radius 1 is 1.20 bits per heavy atom. The van der Waals surface area contributed by atoms with Crippen LogP contribution in [0.4, 0.5) is 0 Å². The van der Waals surface area contributed by atoms with E-state index in [1.165, 1.54) is 6.42 Å². The van der Waals surface area contributed by atoms with Crippen molar-refractivity contribution < 1.29 is 19.1 Å². The molecule has 1 fully saturated rings. The van der Waals surface area contributed by atoms with Crippen molar-refractivity contribution in [1.82, 2.24) is 5.32 Å². The van der Waals surface area contributed by atoms with Crippen LogP contribution in [0.3, 0.4) is 0 Å². The lowest BCUT2D eigenvalue weighted by Crippen LogP contribution is -2.42. The summed E-state index contributed by atoms with van der Waals surface area (Å²) >= 11 is 0. The van der Waals surface area contributed by atoms with Gasteiger partial charge < -0.3 is 14.8 Å². The van der Waals surface area contributed by atoms with E-state index < -0.39 is 12.1 Å². The molecule has 1 unspecified atom stereocenters. The Morgan fingerprint density at radius 2 is 1.92 bits per heavy atom. The van der Waals surface area contributed by atoms with Gasteiger partial charge in [0.25, 0.3) is 5.91 Å². The quantitative estimate of drug-likeness (QED) is 0.767. The molecule has 1 aliphatic rings. The smallest absolute Gasteiger partial charge is 0.310 e. The molecule has 138 valence electrons. The van der Waals surface area contributed by atoms with E-state index in [9.17, 15) is 9.59 Å². The number of carbonyl (C=O) groups excluding carboxylic acids is 2. The number of aryl methyl sites for hydroxylation is 2. The Kier molecular flexibility index (Phi) is 7.29.